The van der Waals surface area contributed by atoms with E-state index in [1.807, 2.05) is 17.2 Å². The second-order valence-electron chi connectivity index (χ2n) is 5.94. The van der Waals surface area contributed by atoms with Gasteiger partial charge >= 0.3 is 0 Å². The van der Waals surface area contributed by atoms with E-state index in [-0.39, 0.29) is 11.9 Å². The van der Waals surface area contributed by atoms with E-state index in [0.29, 0.717) is 6.04 Å². The van der Waals surface area contributed by atoms with Crippen LogP contribution in [0.1, 0.15) is 57.1 Å². The Labute approximate surface area is 120 Å². The van der Waals surface area contributed by atoms with Crippen molar-refractivity contribution in [1.82, 2.24) is 9.88 Å². The molecule has 1 saturated carbocycles. The van der Waals surface area contributed by atoms with Crippen molar-refractivity contribution in [2.45, 2.75) is 57.5 Å². The van der Waals surface area contributed by atoms with E-state index in [1.54, 1.807) is 6.92 Å². The van der Waals surface area contributed by atoms with Gasteiger partial charge in [0.2, 0.25) is 5.91 Å². The smallest absolute Gasteiger partial charge is 0.219 e. The summed E-state index contributed by atoms with van der Waals surface area (Å²) >= 11 is 0. The Morgan fingerprint density at radius 3 is 2.85 bits per heavy atom. The Balaban J connectivity index is 1.85. The maximum absolute atomic E-state index is 11.9. The van der Waals surface area contributed by atoms with Gasteiger partial charge in [0.05, 0.1) is 6.04 Å². The summed E-state index contributed by atoms with van der Waals surface area (Å²) in [5.41, 5.74) is 1.19. The van der Waals surface area contributed by atoms with Gasteiger partial charge in [-0.3, -0.25) is 4.79 Å². The van der Waals surface area contributed by atoms with E-state index in [9.17, 15) is 4.79 Å². The Bertz CT molecular complexity index is 484. The SMILES string of the molecule is CC(=O)N1CCCC[C@H]1c1cccnc1NC1CCC1. The molecule has 20 heavy (non-hydrogen) atoms. The average molecular weight is 273 g/mol. The molecule has 2 aliphatic rings. The van der Waals surface area contributed by atoms with Gasteiger partial charge in [0.15, 0.2) is 0 Å². The quantitative estimate of drug-likeness (QED) is 0.920. The fourth-order valence-electron chi connectivity index (χ4n) is 3.18. The highest BCUT2D eigenvalue weighted by Crippen LogP contribution is 2.35. The summed E-state index contributed by atoms with van der Waals surface area (Å²) in [6.07, 6.45) is 8.96. The van der Waals surface area contributed by atoms with Gasteiger partial charge in [-0.15, -0.1) is 0 Å². The lowest BCUT2D eigenvalue weighted by Gasteiger charge is -2.37. The average Bonchev–Trinajstić information content (AvgIpc) is 2.43. The maximum Gasteiger partial charge on any atom is 0.219 e. The van der Waals surface area contributed by atoms with Crippen molar-refractivity contribution >= 4 is 11.7 Å². The lowest BCUT2D eigenvalue weighted by molar-refractivity contribution is -0.132. The van der Waals surface area contributed by atoms with E-state index >= 15 is 0 Å². The summed E-state index contributed by atoms with van der Waals surface area (Å²) < 4.78 is 0. The van der Waals surface area contributed by atoms with Crippen molar-refractivity contribution in [1.29, 1.82) is 0 Å². The monoisotopic (exact) mass is 273 g/mol. The normalized spacial score (nSPS) is 23.2. The van der Waals surface area contributed by atoms with Crippen LogP contribution in [0.4, 0.5) is 5.82 Å². The molecule has 0 radical (unpaired) electrons. The second-order valence-corrected chi connectivity index (χ2v) is 5.94. The van der Waals surface area contributed by atoms with Crippen molar-refractivity contribution in [2.75, 3.05) is 11.9 Å². The summed E-state index contributed by atoms with van der Waals surface area (Å²) in [6, 6.07) is 4.87. The van der Waals surface area contributed by atoms with Gasteiger partial charge in [0.1, 0.15) is 5.82 Å². The van der Waals surface area contributed by atoms with Gasteiger partial charge in [-0.25, -0.2) is 4.98 Å². The van der Waals surface area contributed by atoms with Crippen LogP contribution in [0.25, 0.3) is 0 Å². The summed E-state index contributed by atoms with van der Waals surface area (Å²) in [5, 5.41) is 3.55. The minimum atomic E-state index is 0.174. The first-order chi connectivity index (χ1) is 9.75. The molecule has 4 nitrogen and oxygen atoms in total. The first kappa shape index (κ1) is 13.4. The standard InChI is InChI=1S/C16H23N3O/c1-12(20)19-11-3-2-9-15(19)14-8-5-10-17-16(14)18-13-6-4-7-13/h5,8,10,13,15H,2-4,6-7,9,11H2,1H3,(H,17,18)/t15-/m0/s1. The summed E-state index contributed by atoms with van der Waals surface area (Å²) in [4.78, 5) is 18.4. The lowest BCUT2D eigenvalue weighted by atomic mass is 9.91. The zero-order chi connectivity index (χ0) is 13.9. The number of anilines is 1. The van der Waals surface area contributed by atoms with Crippen molar-refractivity contribution in [3.05, 3.63) is 23.9 Å². The van der Waals surface area contributed by atoms with Crippen LogP contribution in [0.5, 0.6) is 0 Å². The number of aromatic nitrogens is 1. The first-order valence-electron chi connectivity index (χ1n) is 7.74. The van der Waals surface area contributed by atoms with Crippen LogP contribution in [-0.4, -0.2) is 28.4 Å². The molecule has 4 heteroatoms. The molecular formula is C16H23N3O. The van der Waals surface area contributed by atoms with Crippen LogP contribution in [-0.2, 0) is 4.79 Å². The van der Waals surface area contributed by atoms with E-state index in [1.165, 1.54) is 31.2 Å². The molecule has 0 aromatic carbocycles. The highest BCUT2D eigenvalue weighted by Gasteiger charge is 2.29. The number of likely N-dealkylation sites (tertiary alicyclic amines) is 1. The van der Waals surface area contributed by atoms with Crippen LogP contribution in [0, 0.1) is 0 Å². The Morgan fingerprint density at radius 2 is 2.15 bits per heavy atom. The van der Waals surface area contributed by atoms with Crippen LogP contribution in [0.3, 0.4) is 0 Å². The summed E-state index contributed by atoms with van der Waals surface area (Å²) in [6.45, 7) is 2.55. The zero-order valence-electron chi connectivity index (χ0n) is 12.1. The van der Waals surface area contributed by atoms with Gasteiger partial charge in [-0.05, 0) is 44.6 Å². The predicted molar refractivity (Wildman–Crippen MR) is 79.5 cm³/mol. The van der Waals surface area contributed by atoms with Crippen LogP contribution >= 0.6 is 0 Å². The van der Waals surface area contributed by atoms with E-state index in [2.05, 4.69) is 16.4 Å². The summed E-state index contributed by atoms with van der Waals surface area (Å²) in [5.74, 6) is 1.16. The Morgan fingerprint density at radius 1 is 1.30 bits per heavy atom. The van der Waals surface area contributed by atoms with Crippen molar-refractivity contribution in [3.8, 4) is 0 Å². The number of hydrogen-bond acceptors (Lipinski definition) is 3. The Hall–Kier alpha value is -1.58. The Kier molecular flexibility index (Phi) is 3.90. The molecular weight excluding hydrogens is 250 g/mol. The number of amides is 1. The lowest BCUT2D eigenvalue weighted by Crippen LogP contribution is -2.38. The van der Waals surface area contributed by atoms with Gasteiger partial charge in [0.25, 0.3) is 0 Å². The molecule has 1 amide bonds. The molecule has 3 rings (SSSR count). The molecule has 0 bridgehead atoms. The second kappa shape index (κ2) is 5.81. The molecule has 1 aliphatic carbocycles. The van der Waals surface area contributed by atoms with Crippen LogP contribution in [0.2, 0.25) is 0 Å². The maximum atomic E-state index is 11.9. The van der Waals surface area contributed by atoms with Crippen molar-refractivity contribution in [2.24, 2.45) is 0 Å². The van der Waals surface area contributed by atoms with Crippen molar-refractivity contribution < 1.29 is 4.79 Å². The first-order valence-corrected chi connectivity index (χ1v) is 7.74. The number of nitrogens with zero attached hydrogens (tertiary/aromatic N) is 2. The van der Waals surface area contributed by atoms with Crippen LogP contribution < -0.4 is 5.32 Å². The molecule has 0 unspecified atom stereocenters. The molecule has 1 saturated heterocycles. The predicted octanol–water partition coefficient (Wildman–Crippen LogP) is 3.12. The molecule has 1 N–H and O–H groups in total. The molecule has 108 valence electrons. The minimum absolute atomic E-state index is 0.174. The van der Waals surface area contributed by atoms with Gasteiger partial charge in [-0.1, -0.05) is 6.07 Å². The highest BCUT2D eigenvalue weighted by atomic mass is 16.2. The third-order valence-corrected chi connectivity index (χ3v) is 4.55. The number of hydrogen-bond donors (Lipinski definition) is 1. The molecule has 1 atom stereocenters. The highest BCUT2D eigenvalue weighted by molar-refractivity contribution is 5.74. The molecule has 2 heterocycles. The number of piperidine rings is 1. The molecule has 1 aromatic heterocycles. The summed E-state index contributed by atoms with van der Waals surface area (Å²) in [7, 11) is 0. The molecule has 1 aliphatic heterocycles. The number of nitrogens with one attached hydrogen (secondary N) is 1. The fraction of sp³-hybridized carbons (Fsp3) is 0.625. The van der Waals surface area contributed by atoms with Gasteiger partial charge < -0.3 is 10.2 Å². The molecule has 0 spiro atoms. The van der Waals surface area contributed by atoms with E-state index < -0.39 is 0 Å². The van der Waals surface area contributed by atoms with Gasteiger partial charge in [-0.2, -0.15) is 0 Å². The van der Waals surface area contributed by atoms with E-state index in [0.717, 1.165) is 25.2 Å². The minimum Gasteiger partial charge on any atom is -0.367 e. The van der Waals surface area contributed by atoms with Gasteiger partial charge in [0, 0.05) is 31.3 Å². The third-order valence-electron chi connectivity index (χ3n) is 4.55. The van der Waals surface area contributed by atoms with E-state index in [4.69, 9.17) is 0 Å². The number of carbonyl (C=O) groups excluding carboxylic acids is 1. The largest absolute Gasteiger partial charge is 0.367 e. The number of rotatable bonds is 3. The topological polar surface area (TPSA) is 45.2 Å². The number of pyridine rings is 1. The molecule has 2 fully saturated rings. The number of carbonyl (C=O) groups is 1. The van der Waals surface area contributed by atoms with Crippen molar-refractivity contribution in [3.63, 3.8) is 0 Å². The fourth-order valence-corrected chi connectivity index (χ4v) is 3.18. The molecule has 1 aromatic rings. The zero-order valence-corrected chi connectivity index (χ0v) is 12.1. The third kappa shape index (κ3) is 2.65. The van der Waals surface area contributed by atoms with Crippen LogP contribution in [0.15, 0.2) is 18.3 Å².